The van der Waals surface area contributed by atoms with Gasteiger partial charge in [0.05, 0.1) is 29.5 Å². The maximum Gasteiger partial charge on any atom is 0.227 e. The fourth-order valence-electron chi connectivity index (χ4n) is 2.93. The van der Waals surface area contributed by atoms with Crippen molar-refractivity contribution in [2.45, 2.75) is 25.8 Å². The lowest BCUT2D eigenvalue weighted by Gasteiger charge is -2.14. The molecule has 0 aliphatic rings. The largest absolute Gasteiger partial charge is 0.350 e. The van der Waals surface area contributed by atoms with Crippen LogP contribution in [0.15, 0.2) is 60.8 Å². The van der Waals surface area contributed by atoms with E-state index in [9.17, 15) is 4.79 Å². The van der Waals surface area contributed by atoms with Crippen LogP contribution in [0, 0.1) is 0 Å². The Kier molecular flexibility index (Phi) is 5.23. The molecule has 3 rings (SSSR count). The molecule has 5 nitrogen and oxygen atoms in total. The van der Waals surface area contributed by atoms with E-state index in [-0.39, 0.29) is 11.8 Å². The molecule has 0 aliphatic carbocycles. The Morgan fingerprint density at radius 3 is 2.60 bits per heavy atom. The third-order valence-electron chi connectivity index (χ3n) is 4.23. The molecular formula is C20H22N4O. The smallest absolute Gasteiger partial charge is 0.227 e. The lowest BCUT2D eigenvalue weighted by Crippen LogP contribution is -2.28. The molecule has 0 spiro atoms. The minimum atomic E-state index is -0.139. The van der Waals surface area contributed by atoms with E-state index in [1.165, 1.54) is 0 Å². The molecule has 128 valence electrons. The Balaban J connectivity index is 1.68. The second-order valence-electron chi connectivity index (χ2n) is 5.95. The van der Waals surface area contributed by atoms with Gasteiger partial charge in [-0.3, -0.25) is 14.5 Å². The van der Waals surface area contributed by atoms with Crippen molar-refractivity contribution < 1.29 is 4.79 Å². The molecule has 0 radical (unpaired) electrons. The van der Waals surface area contributed by atoms with Gasteiger partial charge in [-0.25, -0.2) is 0 Å². The van der Waals surface area contributed by atoms with Crippen molar-refractivity contribution in [2.24, 2.45) is 7.05 Å². The van der Waals surface area contributed by atoms with Gasteiger partial charge in [0.15, 0.2) is 0 Å². The van der Waals surface area contributed by atoms with Gasteiger partial charge in [-0.05, 0) is 30.2 Å². The third kappa shape index (κ3) is 3.94. The van der Waals surface area contributed by atoms with Gasteiger partial charge >= 0.3 is 0 Å². The van der Waals surface area contributed by atoms with Gasteiger partial charge < -0.3 is 5.32 Å². The van der Waals surface area contributed by atoms with Crippen LogP contribution in [0.25, 0.3) is 11.4 Å². The van der Waals surface area contributed by atoms with Crippen LogP contribution in [0.5, 0.6) is 0 Å². The molecule has 0 saturated carbocycles. The van der Waals surface area contributed by atoms with Crippen LogP contribution >= 0.6 is 0 Å². The quantitative estimate of drug-likeness (QED) is 0.752. The first-order valence-corrected chi connectivity index (χ1v) is 8.46. The first-order valence-electron chi connectivity index (χ1n) is 8.46. The minimum Gasteiger partial charge on any atom is -0.350 e. The van der Waals surface area contributed by atoms with E-state index >= 15 is 0 Å². The first-order chi connectivity index (χ1) is 12.2. The predicted octanol–water partition coefficient (Wildman–Crippen LogP) is 3.29. The average Bonchev–Trinajstić information content (AvgIpc) is 3.03. The summed E-state index contributed by atoms with van der Waals surface area (Å²) in [5, 5.41) is 7.48. The van der Waals surface area contributed by atoms with Gasteiger partial charge in [0.1, 0.15) is 0 Å². The van der Waals surface area contributed by atoms with E-state index < -0.39 is 0 Å². The molecule has 0 unspecified atom stereocenters. The van der Waals surface area contributed by atoms with Crippen molar-refractivity contribution in [3.8, 4) is 11.4 Å². The molecule has 1 aromatic carbocycles. The number of carbonyl (C=O) groups is 1. The van der Waals surface area contributed by atoms with Gasteiger partial charge in [-0.1, -0.05) is 43.3 Å². The highest BCUT2D eigenvalue weighted by atomic mass is 16.1. The summed E-state index contributed by atoms with van der Waals surface area (Å²) >= 11 is 0. The minimum absolute atomic E-state index is 0.0266. The monoisotopic (exact) mass is 334 g/mol. The van der Waals surface area contributed by atoms with E-state index in [0.717, 1.165) is 29.1 Å². The second kappa shape index (κ2) is 7.75. The third-order valence-corrected chi connectivity index (χ3v) is 4.23. The van der Waals surface area contributed by atoms with E-state index in [1.807, 2.05) is 68.6 Å². The molecule has 0 fully saturated rings. The lowest BCUT2D eigenvalue weighted by atomic mass is 9.96. The number of nitrogens with one attached hydrogen (secondary N) is 1. The fraction of sp³-hybridized carbons (Fsp3) is 0.250. The van der Waals surface area contributed by atoms with E-state index in [4.69, 9.17) is 0 Å². The lowest BCUT2D eigenvalue weighted by molar-refractivity contribution is -0.122. The van der Waals surface area contributed by atoms with Crippen LogP contribution < -0.4 is 5.32 Å². The zero-order valence-corrected chi connectivity index (χ0v) is 14.5. The van der Waals surface area contributed by atoms with Crippen molar-refractivity contribution in [1.82, 2.24) is 20.1 Å². The molecule has 1 N–H and O–H groups in total. The topological polar surface area (TPSA) is 59.8 Å². The molecule has 0 saturated heterocycles. The Bertz CT molecular complexity index is 827. The number of pyridine rings is 1. The van der Waals surface area contributed by atoms with Crippen molar-refractivity contribution in [3.63, 3.8) is 0 Å². The zero-order chi connectivity index (χ0) is 17.6. The number of hydrogen-bond donors (Lipinski definition) is 1. The molecule has 2 aromatic heterocycles. The predicted molar refractivity (Wildman–Crippen MR) is 97.8 cm³/mol. The van der Waals surface area contributed by atoms with Crippen molar-refractivity contribution in [2.75, 3.05) is 0 Å². The van der Waals surface area contributed by atoms with Crippen LogP contribution in [0.3, 0.4) is 0 Å². The molecule has 5 heteroatoms. The number of rotatable bonds is 6. The number of benzene rings is 1. The van der Waals surface area contributed by atoms with Gasteiger partial charge in [0, 0.05) is 13.2 Å². The second-order valence-corrected chi connectivity index (χ2v) is 5.95. The highest BCUT2D eigenvalue weighted by Gasteiger charge is 2.18. The Morgan fingerprint density at radius 1 is 1.16 bits per heavy atom. The Hall–Kier alpha value is -2.95. The normalized spacial score (nSPS) is 11.9. The fourth-order valence-corrected chi connectivity index (χ4v) is 2.93. The summed E-state index contributed by atoms with van der Waals surface area (Å²) in [5.74, 6) is -0.112. The zero-order valence-electron chi connectivity index (χ0n) is 14.5. The van der Waals surface area contributed by atoms with Crippen LogP contribution in [0.1, 0.15) is 30.5 Å². The number of aromatic nitrogens is 3. The summed E-state index contributed by atoms with van der Waals surface area (Å²) in [6.07, 6.45) is 2.52. The summed E-state index contributed by atoms with van der Waals surface area (Å²) in [7, 11) is 1.88. The maximum absolute atomic E-state index is 12.6. The van der Waals surface area contributed by atoms with Crippen LogP contribution in [0.2, 0.25) is 0 Å². The van der Waals surface area contributed by atoms with E-state index in [0.29, 0.717) is 6.54 Å². The van der Waals surface area contributed by atoms with Gasteiger partial charge in [-0.2, -0.15) is 5.10 Å². The van der Waals surface area contributed by atoms with Crippen LogP contribution in [-0.4, -0.2) is 20.7 Å². The average molecular weight is 334 g/mol. The standard InChI is InChI=1S/C20H22N4O/c1-3-17(15-9-5-4-6-10-15)20(25)22-14-16-13-19(24(2)23-16)18-11-7-8-12-21-18/h4-13,17H,3,14H2,1-2H3,(H,22,25)/t17-/m1/s1. The Labute approximate surface area is 147 Å². The molecule has 0 bridgehead atoms. The number of aryl methyl sites for hydroxylation is 1. The van der Waals surface area contributed by atoms with Crippen molar-refractivity contribution in [3.05, 3.63) is 72.1 Å². The molecule has 1 atom stereocenters. The summed E-state index contributed by atoms with van der Waals surface area (Å²) in [4.78, 5) is 16.9. The molecule has 1 amide bonds. The molecular weight excluding hydrogens is 312 g/mol. The number of hydrogen-bond acceptors (Lipinski definition) is 3. The van der Waals surface area contributed by atoms with Gasteiger partial charge in [0.25, 0.3) is 0 Å². The highest BCUT2D eigenvalue weighted by molar-refractivity contribution is 5.83. The number of carbonyl (C=O) groups excluding carboxylic acids is 1. The van der Waals surface area contributed by atoms with Gasteiger partial charge in [0.2, 0.25) is 5.91 Å². The van der Waals surface area contributed by atoms with E-state index in [1.54, 1.807) is 10.9 Å². The molecule has 0 aliphatic heterocycles. The highest BCUT2D eigenvalue weighted by Crippen LogP contribution is 2.20. The van der Waals surface area contributed by atoms with Crippen LogP contribution in [-0.2, 0) is 18.4 Å². The SMILES string of the molecule is CC[C@@H](C(=O)NCc1cc(-c2ccccn2)n(C)n1)c1ccccc1. The maximum atomic E-state index is 12.6. The van der Waals surface area contributed by atoms with Crippen molar-refractivity contribution in [1.29, 1.82) is 0 Å². The van der Waals surface area contributed by atoms with E-state index in [2.05, 4.69) is 15.4 Å². The summed E-state index contributed by atoms with van der Waals surface area (Å²) in [5.41, 5.74) is 3.66. The molecule has 2 heterocycles. The summed E-state index contributed by atoms with van der Waals surface area (Å²) < 4.78 is 1.79. The summed E-state index contributed by atoms with van der Waals surface area (Å²) in [6, 6.07) is 17.6. The molecule has 25 heavy (non-hydrogen) atoms. The number of amides is 1. The van der Waals surface area contributed by atoms with Crippen molar-refractivity contribution >= 4 is 5.91 Å². The van der Waals surface area contributed by atoms with Gasteiger partial charge in [-0.15, -0.1) is 0 Å². The first kappa shape index (κ1) is 16.9. The van der Waals surface area contributed by atoms with Crippen LogP contribution in [0.4, 0.5) is 0 Å². The number of nitrogens with zero attached hydrogens (tertiary/aromatic N) is 3. The Morgan fingerprint density at radius 2 is 1.92 bits per heavy atom. The summed E-state index contributed by atoms with van der Waals surface area (Å²) in [6.45, 7) is 2.43. The molecule has 3 aromatic rings.